The molecule has 1 amide bonds. The lowest BCUT2D eigenvalue weighted by Gasteiger charge is -2.18. The molecule has 1 aliphatic heterocycles. The maximum atomic E-state index is 12.9. The monoisotopic (exact) mass is 388 g/mol. The number of non-ortho nitro benzene ring substituents is 1. The van der Waals surface area contributed by atoms with Crippen molar-refractivity contribution in [2.45, 2.75) is 12.8 Å². The highest BCUT2D eigenvalue weighted by Crippen LogP contribution is 2.34. The van der Waals surface area contributed by atoms with E-state index in [1.54, 1.807) is 31.2 Å². The number of halogens is 1. The number of amides is 1. The number of carboxylic acids is 1. The first-order valence-corrected chi connectivity index (χ1v) is 8.68. The summed E-state index contributed by atoms with van der Waals surface area (Å²) in [6, 6.07) is 11.0. The largest absolute Gasteiger partial charge is 0.481 e. The Morgan fingerprint density at radius 3 is 2.44 bits per heavy atom. The van der Waals surface area contributed by atoms with Gasteiger partial charge in [-0.3, -0.25) is 19.7 Å². The highest BCUT2D eigenvalue weighted by Gasteiger charge is 2.41. The van der Waals surface area contributed by atoms with Gasteiger partial charge in [0.1, 0.15) is 0 Å². The highest BCUT2D eigenvalue weighted by atomic mass is 35.5. The lowest BCUT2D eigenvalue weighted by Crippen LogP contribution is -2.30. The van der Waals surface area contributed by atoms with Crippen LogP contribution in [0.2, 0.25) is 5.02 Å². The van der Waals surface area contributed by atoms with E-state index in [1.165, 1.54) is 23.1 Å². The van der Waals surface area contributed by atoms with Crippen molar-refractivity contribution < 1.29 is 19.6 Å². The van der Waals surface area contributed by atoms with Gasteiger partial charge in [-0.05, 0) is 30.2 Å². The molecule has 140 valence electrons. The molecule has 0 saturated carbocycles. The number of hydrogen-bond acceptors (Lipinski definition) is 4. The summed E-state index contributed by atoms with van der Waals surface area (Å²) in [6.07, 6.45) is 0. The van der Waals surface area contributed by atoms with Crippen LogP contribution in [0.25, 0.3) is 0 Å². The number of aliphatic carboxylic acids is 1. The van der Waals surface area contributed by atoms with Crippen molar-refractivity contribution in [3.63, 3.8) is 0 Å². The van der Waals surface area contributed by atoms with Gasteiger partial charge in [0.15, 0.2) is 0 Å². The first kappa shape index (κ1) is 18.8. The van der Waals surface area contributed by atoms with Crippen molar-refractivity contribution >= 4 is 29.2 Å². The van der Waals surface area contributed by atoms with E-state index in [4.69, 9.17) is 11.6 Å². The quantitative estimate of drug-likeness (QED) is 0.638. The Labute approximate surface area is 160 Å². The summed E-state index contributed by atoms with van der Waals surface area (Å²) in [7, 11) is 0. The van der Waals surface area contributed by atoms with Crippen LogP contribution in [0.1, 0.15) is 27.4 Å². The van der Waals surface area contributed by atoms with E-state index in [1.807, 2.05) is 0 Å². The second kappa shape index (κ2) is 7.36. The topological polar surface area (TPSA) is 101 Å². The third-order valence-corrected chi connectivity index (χ3v) is 5.14. The molecule has 0 aliphatic carbocycles. The maximum Gasteiger partial charge on any atom is 0.308 e. The highest BCUT2D eigenvalue weighted by molar-refractivity contribution is 6.30. The Kier molecular flexibility index (Phi) is 5.14. The fourth-order valence-electron chi connectivity index (χ4n) is 3.39. The van der Waals surface area contributed by atoms with Gasteiger partial charge in [0.05, 0.1) is 10.8 Å². The molecule has 1 aliphatic rings. The zero-order valence-corrected chi connectivity index (χ0v) is 15.2. The molecule has 2 aromatic carbocycles. The average molecular weight is 389 g/mol. The minimum Gasteiger partial charge on any atom is -0.481 e. The molecular formula is C19H17ClN2O5. The van der Waals surface area contributed by atoms with Gasteiger partial charge < -0.3 is 10.0 Å². The zero-order valence-electron chi connectivity index (χ0n) is 14.5. The lowest BCUT2D eigenvalue weighted by molar-refractivity contribution is -0.384. The van der Waals surface area contributed by atoms with Crippen LogP contribution in [0.5, 0.6) is 0 Å². The average Bonchev–Trinajstić information content (AvgIpc) is 3.07. The summed E-state index contributed by atoms with van der Waals surface area (Å²) in [5.41, 5.74) is 1.43. The van der Waals surface area contributed by atoms with Crippen LogP contribution in [0.15, 0.2) is 42.5 Å². The van der Waals surface area contributed by atoms with Gasteiger partial charge in [-0.2, -0.15) is 0 Å². The number of nitro groups is 1. The summed E-state index contributed by atoms with van der Waals surface area (Å²) >= 11 is 5.90. The van der Waals surface area contributed by atoms with Crippen LogP contribution in [-0.2, 0) is 4.79 Å². The van der Waals surface area contributed by atoms with E-state index < -0.39 is 22.7 Å². The second-order valence-corrected chi connectivity index (χ2v) is 7.01. The van der Waals surface area contributed by atoms with Gasteiger partial charge >= 0.3 is 5.97 Å². The fourth-order valence-corrected chi connectivity index (χ4v) is 3.52. The number of hydrogen-bond donors (Lipinski definition) is 1. The molecule has 0 radical (unpaired) electrons. The van der Waals surface area contributed by atoms with Crippen molar-refractivity contribution in [1.82, 2.24) is 4.90 Å². The minimum atomic E-state index is -0.985. The van der Waals surface area contributed by atoms with Gasteiger partial charge in [0.2, 0.25) is 0 Å². The summed E-state index contributed by atoms with van der Waals surface area (Å²) in [5, 5.41) is 21.1. The molecule has 0 unspecified atom stereocenters. The van der Waals surface area contributed by atoms with E-state index in [0.717, 1.165) is 5.56 Å². The molecule has 8 heteroatoms. The fraction of sp³-hybridized carbons (Fsp3) is 0.263. The number of carbonyl (C=O) groups excluding carboxylic acids is 1. The lowest BCUT2D eigenvalue weighted by atomic mass is 9.89. The van der Waals surface area contributed by atoms with E-state index in [0.29, 0.717) is 10.6 Å². The molecule has 1 fully saturated rings. The number of nitrogens with zero attached hydrogens (tertiary/aromatic N) is 2. The van der Waals surface area contributed by atoms with E-state index in [9.17, 15) is 24.8 Å². The van der Waals surface area contributed by atoms with Crippen molar-refractivity contribution in [3.05, 3.63) is 74.3 Å². The van der Waals surface area contributed by atoms with Gasteiger partial charge in [0.25, 0.3) is 11.6 Å². The molecule has 3 rings (SSSR count). The molecular weight excluding hydrogens is 372 g/mol. The number of aryl methyl sites for hydroxylation is 1. The number of likely N-dealkylation sites (tertiary alicyclic amines) is 1. The molecule has 7 nitrogen and oxygen atoms in total. The van der Waals surface area contributed by atoms with Gasteiger partial charge in [0, 0.05) is 41.7 Å². The summed E-state index contributed by atoms with van der Waals surface area (Å²) in [5.74, 6) is -2.52. The third-order valence-electron chi connectivity index (χ3n) is 4.88. The molecule has 2 atom stereocenters. The Morgan fingerprint density at radius 1 is 1.19 bits per heavy atom. The number of carboxylic acid groups (broad SMARTS) is 1. The first-order chi connectivity index (χ1) is 12.8. The molecule has 27 heavy (non-hydrogen) atoms. The van der Waals surface area contributed by atoms with Gasteiger partial charge in [-0.25, -0.2) is 0 Å². The molecule has 1 N–H and O–H groups in total. The van der Waals surface area contributed by atoms with Crippen molar-refractivity contribution in [2.75, 3.05) is 13.1 Å². The van der Waals surface area contributed by atoms with Crippen LogP contribution >= 0.6 is 11.6 Å². The van der Waals surface area contributed by atoms with Crippen molar-refractivity contribution in [3.8, 4) is 0 Å². The predicted molar refractivity (Wildman–Crippen MR) is 99.1 cm³/mol. The molecule has 0 spiro atoms. The smallest absolute Gasteiger partial charge is 0.308 e. The molecule has 0 bridgehead atoms. The molecule has 0 aromatic heterocycles. The Balaban J connectivity index is 1.90. The third kappa shape index (κ3) is 3.78. The van der Waals surface area contributed by atoms with E-state index >= 15 is 0 Å². The van der Waals surface area contributed by atoms with Gasteiger partial charge in [-0.15, -0.1) is 0 Å². The zero-order chi connectivity index (χ0) is 19.7. The molecule has 1 heterocycles. The molecule has 1 saturated heterocycles. The Bertz CT molecular complexity index is 913. The minimum absolute atomic E-state index is 0.0452. The summed E-state index contributed by atoms with van der Waals surface area (Å²) in [6.45, 7) is 1.96. The molecule has 2 aromatic rings. The predicted octanol–water partition coefficient (Wildman–Crippen LogP) is 3.50. The SMILES string of the molecule is Cc1ccc([N+](=O)[O-])cc1C(=O)N1C[C@@H](C(=O)O)[C@H](c2ccc(Cl)cc2)C1. The number of benzene rings is 2. The van der Waals surface area contributed by atoms with Crippen LogP contribution < -0.4 is 0 Å². The normalized spacial score (nSPS) is 19.1. The number of rotatable bonds is 4. The maximum absolute atomic E-state index is 12.9. The van der Waals surface area contributed by atoms with E-state index in [2.05, 4.69) is 0 Å². The van der Waals surface area contributed by atoms with Gasteiger partial charge in [-0.1, -0.05) is 29.8 Å². The van der Waals surface area contributed by atoms with E-state index in [-0.39, 0.29) is 30.3 Å². The Hall–Kier alpha value is -2.93. The summed E-state index contributed by atoms with van der Waals surface area (Å²) < 4.78 is 0. The van der Waals surface area contributed by atoms with Crippen molar-refractivity contribution in [2.24, 2.45) is 5.92 Å². The Morgan fingerprint density at radius 2 is 1.85 bits per heavy atom. The van der Waals surface area contributed by atoms with Crippen LogP contribution in [0, 0.1) is 23.0 Å². The number of nitro benzene ring substituents is 1. The van der Waals surface area contributed by atoms with Crippen molar-refractivity contribution in [1.29, 1.82) is 0 Å². The van der Waals surface area contributed by atoms with Crippen LogP contribution in [0.3, 0.4) is 0 Å². The second-order valence-electron chi connectivity index (χ2n) is 6.57. The van der Waals surface area contributed by atoms with Crippen LogP contribution in [0.4, 0.5) is 5.69 Å². The summed E-state index contributed by atoms with van der Waals surface area (Å²) in [4.78, 5) is 36.5. The number of carbonyl (C=O) groups is 2. The van der Waals surface area contributed by atoms with Crippen LogP contribution in [-0.4, -0.2) is 39.9 Å². The standard InChI is InChI=1S/C19H17ClN2O5/c1-11-2-7-14(22(26)27)8-15(11)18(23)21-9-16(17(10-21)19(24)25)12-3-5-13(20)6-4-12/h2-8,16-17H,9-10H2,1H3,(H,24,25)/t16-,17+/m0/s1. The first-order valence-electron chi connectivity index (χ1n) is 8.30.